The number of hydrogen-bond acceptors (Lipinski definition) is 6. The third-order valence-corrected chi connectivity index (χ3v) is 3.68. The summed E-state index contributed by atoms with van der Waals surface area (Å²) in [5.74, 6) is -1.12. The maximum atomic E-state index is 14.3. The fourth-order valence-corrected chi connectivity index (χ4v) is 2.40. The molecule has 2 heterocycles. The average Bonchev–Trinajstić information content (AvgIpc) is 2.99. The fraction of sp³-hybridized carbons (Fsp3) is 0.214. The van der Waals surface area contributed by atoms with Gasteiger partial charge in [0.1, 0.15) is 17.3 Å². The molecule has 148 valence electrons. The lowest BCUT2D eigenvalue weighted by molar-refractivity contribution is -0.141. The predicted molar refractivity (Wildman–Crippen MR) is 85.8 cm³/mol. The molecule has 28 heavy (non-hydrogen) atoms. The maximum absolute atomic E-state index is 14.3. The van der Waals surface area contributed by atoms with Crippen molar-refractivity contribution in [3.05, 3.63) is 61.4 Å². The van der Waals surface area contributed by atoms with Gasteiger partial charge in [0.05, 0.1) is 17.8 Å². The number of aromatic amines is 1. The number of aryl methyl sites for hydroxylation is 1. The minimum Gasteiger partial charge on any atom is -0.484 e. The molecule has 9 nitrogen and oxygen atoms in total. The van der Waals surface area contributed by atoms with Gasteiger partial charge in [-0.15, -0.1) is 10.2 Å². The number of rotatable bonds is 4. The Morgan fingerprint density at radius 3 is 2.54 bits per heavy atom. The predicted octanol–water partition coefficient (Wildman–Crippen LogP) is 1.44. The Balaban J connectivity index is 2.03. The summed E-state index contributed by atoms with van der Waals surface area (Å²) in [7, 11) is 1.52. The fourth-order valence-electron chi connectivity index (χ4n) is 2.20. The van der Waals surface area contributed by atoms with E-state index >= 15 is 0 Å². The summed E-state index contributed by atoms with van der Waals surface area (Å²) >= 11 is 5.88. The number of ether oxygens (including phenoxy) is 1. The number of tetrazole rings is 1. The van der Waals surface area contributed by atoms with Crippen molar-refractivity contribution in [3.8, 4) is 11.4 Å². The molecule has 0 atom stereocenters. The molecular weight excluding hydrogens is 412 g/mol. The molecule has 14 heteroatoms. The van der Waals surface area contributed by atoms with E-state index < -0.39 is 34.6 Å². The first-order valence-corrected chi connectivity index (χ1v) is 7.72. The highest BCUT2D eigenvalue weighted by Gasteiger charge is 2.33. The van der Waals surface area contributed by atoms with Crippen molar-refractivity contribution in [3.63, 3.8) is 0 Å². The summed E-state index contributed by atoms with van der Waals surface area (Å²) < 4.78 is 57.9. The maximum Gasteiger partial charge on any atom is 0.431 e. The van der Waals surface area contributed by atoms with Crippen LogP contribution in [-0.4, -0.2) is 29.8 Å². The largest absolute Gasteiger partial charge is 0.484 e. The lowest BCUT2D eigenvalue weighted by Gasteiger charge is -2.12. The molecule has 0 saturated carbocycles. The summed E-state index contributed by atoms with van der Waals surface area (Å²) in [6.07, 6.45) is -4.95. The molecule has 0 spiro atoms. The molecule has 0 unspecified atom stereocenters. The number of aromatic nitrogens is 6. The van der Waals surface area contributed by atoms with Crippen LogP contribution in [0.2, 0.25) is 5.02 Å². The Morgan fingerprint density at radius 2 is 1.96 bits per heavy atom. The summed E-state index contributed by atoms with van der Waals surface area (Å²) in [5, 5.41) is 10.9. The van der Waals surface area contributed by atoms with Gasteiger partial charge in [0.15, 0.2) is 6.61 Å². The zero-order chi connectivity index (χ0) is 20.6. The van der Waals surface area contributed by atoms with Crippen molar-refractivity contribution < 1.29 is 22.3 Å². The number of alkyl halides is 3. The van der Waals surface area contributed by atoms with Gasteiger partial charge in [-0.1, -0.05) is 11.6 Å². The molecule has 0 radical (unpaired) electrons. The number of halogens is 5. The minimum atomic E-state index is -4.95. The van der Waals surface area contributed by atoms with Gasteiger partial charge in [-0.25, -0.2) is 13.8 Å². The summed E-state index contributed by atoms with van der Waals surface area (Å²) in [4.78, 5) is 26.6. The van der Waals surface area contributed by atoms with Crippen LogP contribution in [0.4, 0.5) is 17.6 Å². The second kappa shape index (κ2) is 7.07. The molecule has 0 aliphatic rings. The molecule has 0 fully saturated rings. The summed E-state index contributed by atoms with van der Waals surface area (Å²) in [5.41, 5.74) is -5.08. The van der Waals surface area contributed by atoms with E-state index in [4.69, 9.17) is 16.3 Å². The van der Waals surface area contributed by atoms with Crippen LogP contribution in [0, 0.1) is 5.82 Å². The second-order valence-electron chi connectivity index (χ2n) is 5.38. The van der Waals surface area contributed by atoms with E-state index in [1.165, 1.54) is 12.0 Å². The van der Waals surface area contributed by atoms with E-state index in [2.05, 4.69) is 15.4 Å². The minimum absolute atomic E-state index is 0.138. The van der Waals surface area contributed by atoms with E-state index in [1.807, 2.05) is 0 Å². The number of nitrogens with zero attached hydrogens (tertiary/aromatic N) is 5. The average molecular weight is 421 g/mol. The van der Waals surface area contributed by atoms with Crippen LogP contribution in [0.1, 0.15) is 11.5 Å². The highest BCUT2D eigenvalue weighted by molar-refractivity contribution is 6.32. The standard InChI is InChI=1S/C14H9ClF4N6O3/c1-24-22-11(21-23-24)5-28-9-3-8(7(16)2-6(9)15)25-12(26)4-10(14(17,18)19)20-13(25)27/h2-4H,5H2,1H3,(H,20,27). The number of H-pyrrole nitrogens is 1. The zero-order valence-corrected chi connectivity index (χ0v) is 14.5. The van der Waals surface area contributed by atoms with E-state index in [-0.39, 0.29) is 33.8 Å². The monoisotopic (exact) mass is 420 g/mol. The first kappa shape index (κ1) is 19.5. The van der Waals surface area contributed by atoms with Crippen molar-refractivity contribution in [2.24, 2.45) is 7.05 Å². The van der Waals surface area contributed by atoms with Gasteiger partial charge in [-0.05, 0) is 11.3 Å². The van der Waals surface area contributed by atoms with Crippen LogP contribution in [-0.2, 0) is 19.8 Å². The molecule has 0 amide bonds. The molecule has 0 aliphatic carbocycles. The van der Waals surface area contributed by atoms with Crippen molar-refractivity contribution in [1.29, 1.82) is 0 Å². The summed E-state index contributed by atoms with van der Waals surface area (Å²) in [6, 6.07) is 1.79. The number of nitrogens with one attached hydrogen (secondary N) is 1. The first-order chi connectivity index (χ1) is 13.1. The molecule has 3 rings (SSSR count). The third-order valence-electron chi connectivity index (χ3n) is 3.39. The van der Waals surface area contributed by atoms with Gasteiger partial charge in [0, 0.05) is 12.1 Å². The van der Waals surface area contributed by atoms with Crippen molar-refractivity contribution >= 4 is 11.6 Å². The lowest BCUT2D eigenvalue weighted by atomic mass is 10.2. The lowest BCUT2D eigenvalue weighted by Crippen LogP contribution is -2.36. The Morgan fingerprint density at radius 1 is 1.25 bits per heavy atom. The van der Waals surface area contributed by atoms with Crippen LogP contribution in [0.5, 0.6) is 5.75 Å². The van der Waals surface area contributed by atoms with Crippen LogP contribution in [0.15, 0.2) is 27.8 Å². The number of benzene rings is 1. The van der Waals surface area contributed by atoms with E-state index in [9.17, 15) is 27.2 Å². The van der Waals surface area contributed by atoms with E-state index in [1.54, 1.807) is 0 Å². The molecular formula is C14H9ClF4N6O3. The van der Waals surface area contributed by atoms with Gasteiger partial charge in [-0.2, -0.15) is 18.0 Å². The first-order valence-electron chi connectivity index (χ1n) is 7.35. The van der Waals surface area contributed by atoms with Crippen LogP contribution in [0.3, 0.4) is 0 Å². The van der Waals surface area contributed by atoms with Gasteiger partial charge >= 0.3 is 11.9 Å². The SMILES string of the molecule is Cn1nnc(COc2cc(-n3c(=O)cc(C(F)(F)F)[nH]c3=O)c(F)cc2Cl)n1. The zero-order valence-electron chi connectivity index (χ0n) is 13.8. The third kappa shape index (κ3) is 3.88. The van der Waals surface area contributed by atoms with Crippen molar-refractivity contribution in [1.82, 2.24) is 29.8 Å². The Hall–Kier alpha value is -3.22. The van der Waals surface area contributed by atoms with Gasteiger partial charge in [0.25, 0.3) is 5.56 Å². The molecule has 0 saturated heterocycles. The van der Waals surface area contributed by atoms with Gasteiger partial charge in [0.2, 0.25) is 5.82 Å². The van der Waals surface area contributed by atoms with E-state index in [0.717, 1.165) is 16.9 Å². The topological polar surface area (TPSA) is 108 Å². The Kier molecular flexibility index (Phi) is 4.93. The number of hydrogen-bond donors (Lipinski definition) is 1. The smallest absolute Gasteiger partial charge is 0.431 e. The molecule has 0 bridgehead atoms. The van der Waals surface area contributed by atoms with Crippen molar-refractivity contribution in [2.45, 2.75) is 12.8 Å². The van der Waals surface area contributed by atoms with Gasteiger partial charge < -0.3 is 9.72 Å². The van der Waals surface area contributed by atoms with Crippen LogP contribution >= 0.6 is 11.6 Å². The highest BCUT2D eigenvalue weighted by atomic mass is 35.5. The Bertz CT molecular complexity index is 1120. The molecule has 0 aliphatic heterocycles. The second-order valence-corrected chi connectivity index (χ2v) is 5.78. The van der Waals surface area contributed by atoms with Crippen molar-refractivity contribution in [2.75, 3.05) is 0 Å². The normalized spacial score (nSPS) is 11.6. The molecule has 3 aromatic rings. The molecule has 2 aromatic heterocycles. The molecule has 1 N–H and O–H groups in total. The highest BCUT2D eigenvalue weighted by Crippen LogP contribution is 2.30. The Labute approximate surface area is 157 Å². The molecule has 1 aromatic carbocycles. The quantitative estimate of drug-likeness (QED) is 0.640. The van der Waals surface area contributed by atoms with Gasteiger partial charge in [-0.3, -0.25) is 4.79 Å². The van der Waals surface area contributed by atoms with Crippen LogP contribution < -0.4 is 16.0 Å². The summed E-state index contributed by atoms with van der Waals surface area (Å²) in [6.45, 7) is -0.225. The van der Waals surface area contributed by atoms with Crippen LogP contribution in [0.25, 0.3) is 5.69 Å². The van der Waals surface area contributed by atoms with E-state index in [0.29, 0.717) is 0 Å².